The van der Waals surface area contributed by atoms with Crippen LogP contribution in [0, 0.1) is 0 Å². The number of rotatable bonds is 2. The Balaban J connectivity index is 1.55. The minimum absolute atomic E-state index is 0.203. The van der Waals surface area contributed by atoms with E-state index in [0.717, 1.165) is 67.1 Å². The number of piperidine rings is 1. The lowest BCUT2D eigenvalue weighted by Crippen LogP contribution is -2.42. The SMILES string of the molecule is C[C@@H]1Cc2ncnc(N3CCC(O)CC3)c2CN1c1cc(Cl)nc2[nH]ccc12. The number of aliphatic hydroxyl groups excluding tert-OH is 1. The molecule has 0 amide bonds. The molecule has 0 bridgehead atoms. The van der Waals surface area contributed by atoms with E-state index in [1.54, 1.807) is 6.33 Å². The zero-order chi connectivity index (χ0) is 19.3. The number of anilines is 2. The third-order valence-electron chi connectivity index (χ3n) is 5.91. The highest BCUT2D eigenvalue weighted by molar-refractivity contribution is 6.30. The fourth-order valence-corrected chi connectivity index (χ4v) is 4.58. The van der Waals surface area contributed by atoms with Gasteiger partial charge in [-0.3, -0.25) is 0 Å². The quantitative estimate of drug-likeness (QED) is 0.646. The minimum Gasteiger partial charge on any atom is -0.393 e. The van der Waals surface area contributed by atoms with Gasteiger partial charge in [0.2, 0.25) is 0 Å². The molecule has 146 valence electrons. The number of nitrogens with zero attached hydrogens (tertiary/aromatic N) is 5. The van der Waals surface area contributed by atoms with Gasteiger partial charge in [-0.2, -0.15) is 0 Å². The Kier molecular flexibility index (Phi) is 4.36. The fraction of sp³-hybridized carbons (Fsp3) is 0.450. The first-order chi connectivity index (χ1) is 13.6. The summed E-state index contributed by atoms with van der Waals surface area (Å²) in [5.74, 6) is 0.999. The van der Waals surface area contributed by atoms with Crippen molar-refractivity contribution in [3.05, 3.63) is 41.1 Å². The maximum absolute atomic E-state index is 9.85. The average Bonchev–Trinajstić information content (AvgIpc) is 3.15. The molecule has 5 heterocycles. The molecule has 8 heteroatoms. The molecule has 2 N–H and O–H groups in total. The molecule has 0 spiro atoms. The number of pyridine rings is 1. The molecule has 2 aliphatic heterocycles. The third kappa shape index (κ3) is 2.99. The fourth-order valence-electron chi connectivity index (χ4n) is 4.39. The van der Waals surface area contributed by atoms with Crippen LogP contribution in [0.25, 0.3) is 11.0 Å². The average molecular weight is 399 g/mol. The molecule has 28 heavy (non-hydrogen) atoms. The molecule has 0 aliphatic carbocycles. The highest BCUT2D eigenvalue weighted by atomic mass is 35.5. The summed E-state index contributed by atoms with van der Waals surface area (Å²) in [7, 11) is 0. The van der Waals surface area contributed by atoms with Gasteiger partial charge in [-0.05, 0) is 31.9 Å². The lowest BCUT2D eigenvalue weighted by atomic mass is 9.97. The molecule has 1 fully saturated rings. The van der Waals surface area contributed by atoms with Crippen molar-refractivity contribution in [2.24, 2.45) is 0 Å². The Hall–Kier alpha value is -2.38. The van der Waals surface area contributed by atoms with E-state index in [0.29, 0.717) is 5.15 Å². The first kappa shape index (κ1) is 17.7. The van der Waals surface area contributed by atoms with Crippen molar-refractivity contribution in [2.45, 2.75) is 44.9 Å². The zero-order valence-electron chi connectivity index (χ0n) is 15.8. The van der Waals surface area contributed by atoms with E-state index < -0.39 is 0 Å². The van der Waals surface area contributed by atoms with E-state index in [1.165, 1.54) is 5.56 Å². The zero-order valence-corrected chi connectivity index (χ0v) is 16.5. The second-order valence-electron chi connectivity index (χ2n) is 7.73. The van der Waals surface area contributed by atoms with Crippen LogP contribution in [-0.4, -0.2) is 50.3 Å². The molecular formula is C20H23ClN6O. The number of nitrogens with one attached hydrogen (secondary N) is 1. The van der Waals surface area contributed by atoms with E-state index in [1.807, 2.05) is 18.3 Å². The van der Waals surface area contributed by atoms with Crippen LogP contribution >= 0.6 is 11.6 Å². The highest BCUT2D eigenvalue weighted by Crippen LogP contribution is 2.36. The number of H-pyrrole nitrogens is 1. The summed E-state index contributed by atoms with van der Waals surface area (Å²) >= 11 is 6.30. The summed E-state index contributed by atoms with van der Waals surface area (Å²) in [5, 5.41) is 11.4. The van der Waals surface area contributed by atoms with Gasteiger partial charge in [-0.1, -0.05) is 11.6 Å². The van der Waals surface area contributed by atoms with Crippen LogP contribution in [0.2, 0.25) is 5.15 Å². The predicted molar refractivity (Wildman–Crippen MR) is 110 cm³/mol. The van der Waals surface area contributed by atoms with E-state index in [-0.39, 0.29) is 12.1 Å². The predicted octanol–water partition coefficient (Wildman–Crippen LogP) is 2.92. The van der Waals surface area contributed by atoms with Crippen LogP contribution in [0.5, 0.6) is 0 Å². The summed E-state index contributed by atoms with van der Waals surface area (Å²) in [6.45, 7) is 4.59. The third-order valence-corrected chi connectivity index (χ3v) is 6.10. The van der Waals surface area contributed by atoms with E-state index in [9.17, 15) is 5.11 Å². The van der Waals surface area contributed by atoms with Crippen molar-refractivity contribution >= 4 is 34.1 Å². The van der Waals surface area contributed by atoms with Crippen molar-refractivity contribution in [1.82, 2.24) is 19.9 Å². The molecule has 0 aromatic carbocycles. The lowest BCUT2D eigenvalue weighted by molar-refractivity contribution is 0.145. The Morgan fingerprint density at radius 3 is 2.89 bits per heavy atom. The maximum atomic E-state index is 9.85. The summed E-state index contributed by atoms with van der Waals surface area (Å²) in [4.78, 5) is 21.4. The van der Waals surface area contributed by atoms with E-state index >= 15 is 0 Å². The molecule has 3 aromatic heterocycles. The molecule has 0 unspecified atom stereocenters. The summed E-state index contributed by atoms with van der Waals surface area (Å²) < 4.78 is 0. The van der Waals surface area contributed by atoms with Gasteiger partial charge in [0.05, 0.1) is 17.5 Å². The molecule has 0 radical (unpaired) electrons. The number of aliphatic hydroxyl groups is 1. The number of hydrogen-bond acceptors (Lipinski definition) is 6. The van der Waals surface area contributed by atoms with E-state index in [4.69, 9.17) is 11.6 Å². The number of aromatic nitrogens is 4. The largest absolute Gasteiger partial charge is 0.393 e. The Labute approximate surface area is 168 Å². The highest BCUT2D eigenvalue weighted by Gasteiger charge is 2.30. The van der Waals surface area contributed by atoms with Crippen LogP contribution in [-0.2, 0) is 13.0 Å². The standard InChI is InChI=1S/C20H23ClN6O/c1-12-8-16-15(20(24-11-23-16)26-6-3-13(28)4-7-26)10-27(12)17-9-18(21)25-19-14(17)2-5-22-19/h2,5,9,11-13,28H,3-4,6-8,10H2,1H3,(H,22,25)/t12-/m1/s1. The molecule has 1 saturated heterocycles. The Morgan fingerprint density at radius 1 is 1.25 bits per heavy atom. The summed E-state index contributed by atoms with van der Waals surface area (Å²) in [6, 6.07) is 4.28. The molecule has 7 nitrogen and oxygen atoms in total. The second kappa shape index (κ2) is 6.90. The van der Waals surface area contributed by atoms with Crippen LogP contribution in [0.3, 0.4) is 0 Å². The Morgan fingerprint density at radius 2 is 2.07 bits per heavy atom. The normalized spacial score (nSPS) is 20.6. The maximum Gasteiger partial charge on any atom is 0.141 e. The van der Waals surface area contributed by atoms with Crippen molar-refractivity contribution < 1.29 is 5.11 Å². The van der Waals surface area contributed by atoms with Gasteiger partial charge in [0, 0.05) is 49.2 Å². The first-order valence-electron chi connectivity index (χ1n) is 9.76. The van der Waals surface area contributed by atoms with Crippen molar-refractivity contribution in [2.75, 3.05) is 22.9 Å². The van der Waals surface area contributed by atoms with Crippen LogP contribution < -0.4 is 9.80 Å². The lowest BCUT2D eigenvalue weighted by Gasteiger charge is -2.39. The first-order valence-corrected chi connectivity index (χ1v) is 10.1. The molecule has 1 atom stereocenters. The van der Waals surface area contributed by atoms with Crippen molar-refractivity contribution in [3.8, 4) is 0 Å². The van der Waals surface area contributed by atoms with Crippen LogP contribution in [0.1, 0.15) is 31.0 Å². The van der Waals surface area contributed by atoms with Crippen LogP contribution in [0.4, 0.5) is 11.5 Å². The number of hydrogen-bond donors (Lipinski definition) is 2. The molecule has 5 rings (SSSR count). The molecular weight excluding hydrogens is 376 g/mol. The summed E-state index contributed by atoms with van der Waals surface area (Å²) in [5.41, 5.74) is 4.17. The molecule has 2 aliphatic rings. The van der Waals surface area contributed by atoms with Gasteiger partial charge >= 0.3 is 0 Å². The topological polar surface area (TPSA) is 81.2 Å². The van der Waals surface area contributed by atoms with Gasteiger partial charge in [0.1, 0.15) is 22.9 Å². The molecule has 0 saturated carbocycles. The number of aromatic amines is 1. The summed E-state index contributed by atoms with van der Waals surface area (Å²) in [6.07, 6.45) is 5.79. The van der Waals surface area contributed by atoms with Gasteiger partial charge in [0.15, 0.2) is 0 Å². The van der Waals surface area contributed by atoms with Gasteiger partial charge < -0.3 is 19.9 Å². The second-order valence-corrected chi connectivity index (χ2v) is 8.11. The smallest absolute Gasteiger partial charge is 0.141 e. The van der Waals surface area contributed by atoms with Gasteiger partial charge in [-0.25, -0.2) is 15.0 Å². The number of fused-ring (bicyclic) bond motifs is 2. The van der Waals surface area contributed by atoms with Gasteiger partial charge in [-0.15, -0.1) is 0 Å². The minimum atomic E-state index is -0.203. The monoisotopic (exact) mass is 398 g/mol. The Bertz CT molecular complexity index is 1010. The van der Waals surface area contributed by atoms with Crippen LogP contribution in [0.15, 0.2) is 24.7 Å². The van der Waals surface area contributed by atoms with Crippen molar-refractivity contribution in [1.29, 1.82) is 0 Å². The number of halogens is 1. The van der Waals surface area contributed by atoms with E-state index in [2.05, 4.69) is 36.7 Å². The van der Waals surface area contributed by atoms with Gasteiger partial charge in [0.25, 0.3) is 0 Å². The molecule has 3 aromatic rings. The van der Waals surface area contributed by atoms with Crippen molar-refractivity contribution in [3.63, 3.8) is 0 Å².